The highest BCUT2D eigenvalue weighted by Crippen LogP contribution is 2.68. The molecule has 198 valence electrons. The summed E-state index contributed by atoms with van der Waals surface area (Å²) < 4.78 is 5.84. The van der Waals surface area contributed by atoms with Gasteiger partial charge in [-0.2, -0.15) is 0 Å². The van der Waals surface area contributed by atoms with Gasteiger partial charge in [-0.05, 0) is 55.6 Å². The maximum Gasteiger partial charge on any atom is 0.251 e. The molecule has 0 saturated carbocycles. The van der Waals surface area contributed by atoms with Crippen molar-refractivity contribution in [3.05, 3.63) is 88.4 Å². The number of carbonyl (C=O) groups excluding carboxylic acids is 3. The number of ether oxygens (including phenoxy) is 1. The molecule has 7 rings (SSSR count). The Bertz CT molecular complexity index is 1560. The number of benzene rings is 3. The lowest BCUT2D eigenvalue weighted by Crippen LogP contribution is -2.62. The largest absolute Gasteiger partial charge is 0.494 e. The number of fused-ring (bicyclic) bond motifs is 7. The highest BCUT2D eigenvalue weighted by atomic mass is 35.5. The molecule has 7 nitrogen and oxygen atoms in total. The first kappa shape index (κ1) is 24.4. The molecule has 39 heavy (non-hydrogen) atoms. The minimum absolute atomic E-state index is 0.166. The van der Waals surface area contributed by atoms with Gasteiger partial charge in [-0.3, -0.25) is 19.3 Å². The van der Waals surface area contributed by atoms with E-state index in [1.54, 1.807) is 18.2 Å². The number of amides is 2. The minimum atomic E-state index is -1.49. The number of nitrogens with one attached hydrogen (secondary N) is 2. The van der Waals surface area contributed by atoms with Gasteiger partial charge in [0, 0.05) is 22.9 Å². The van der Waals surface area contributed by atoms with E-state index in [1.165, 1.54) is 0 Å². The van der Waals surface area contributed by atoms with Crippen molar-refractivity contribution in [1.29, 1.82) is 0 Å². The molecule has 2 amide bonds. The Morgan fingerprint density at radius 1 is 1.03 bits per heavy atom. The van der Waals surface area contributed by atoms with Crippen LogP contribution in [0.15, 0.2) is 66.7 Å². The maximum atomic E-state index is 14.7. The van der Waals surface area contributed by atoms with E-state index in [1.807, 2.05) is 55.5 Å². The summed E-state index contributed by atoms with van der Waals surface area (Å²) >= 11 is 6.61. The summed E-state index contributed by atoms with van der Waals surface area (Å²) in [4.78, 5) is 45.8. The SMILES string of the molecule is CCCOc1cccc(C(=O)[C@@H]2[C@@H]3CCCN3[C@]3(C(=O)Nc4c(Cl)cccc43)[C@@]23C(=O)Nc2ccccc23)c1. The van der Waals surface area contributed by atoms with E-state index in [9.17, 15) is 14.4 Å². The number of hydrogen-bond acceptors (Lipinski definition) is 5. The highest BCUT2D eigenvalue weighted by Gasteiger charge is 2.81. The van der Waals surface area contributed by atoms with Crippen molar-refractivity contribution < 1.29 is 19.1 Å². The number of halogens is 1. The van der Waals surface area contributed by atoms with Crippen LogP contribution < -0.4 is 15.4 Å². The Balaban J connectivity index is 1.52. The van der Waals surface area contributed by atoms with Gasteiger partial charge < -0.3 is 15.4 Å². The maximum absolute atomic E-state index is 14.7. The molecular weight excluding hydrogens is 514 g/mol. The first-order chi connectivity index (χ1) is 19.0. The summed E-state index contributed by atoms with van der Waals surface area (Å²) in [5.74, 6) is -1.01. The second-order valence-electron chi connectivity index (χ2n) is 10.8. The molecule has 2 spiro atoms. The smallest absolute Gasteiger partial charge is 0.251 e. The summed E-state index contributed by atoms with van der Waals surface area (Å²) in [6, 6.07) is 19.7. The fourth-order valence-electron chi connectivity index (χ4n) is 7.71. The molecule has 2 saturated heterocycles. The fraction of sp³-hybridized carbons (Fsp3) is 0.323. The topological polar surface area (TPSA) is 87.7 Å². The van der Waals surface area contributed by atoms with Crippen LogP contribution in [0.4, 0.5) is 11.4 Å². The van der Waals surface area contributed by atoms with Crippen LogP contribution in [-0.4, -0.2) is 41.7 Å². The van der Waals surface area contributed by atoms with Crippen molar-refractivity contribution in [2.45, 2.75) is 43.2 Å². The molecule has 4 heterocycles. The van der Waals surface area contributed by atoms with Crippen LogP contribution in [0.5, 0.6) is 5.75 Å². The molecule has 4 aliphatic rings. The van der Waals surface area contributed by atoms with E-state index in [0.29, 0.717) is 58.4 Å². The van der Waals surface area contributed by atoms with E-state index >= 15 is 0 Å². The highest BCUT2D eigenvalue weighted by molar-refractivity contribution is 6.35. The Morgan fingerprint density at radius 3 is 2.67 bits per heavy atom. The predicted octanol–water partition coefficient (Wildman–Crippen LogP) is 5.14. The molecule has 4 atom stereocenters. The van der Waals surface area contributed by atoms with E-state index in [-0.39, 0.29) is 23.6 Å². The van der Waals surface area contributed by atoms with Crippen LogP contribution in [0.2, 0.25) is 5.02 Å². The Labute approximate surface area is 231 Å². The molecule has 2 fully saturated rings. The van der Waals surface area contributed by atoms with Crippen molar-refractivity contribution in [3.63, 3.8) is 0 Å². The van der Waals surface area contributed by atoms with Crippen molar-refractivity contribution in [2.75, 3.05) is 23.8 Å². The minimum Gasteiger partial charge on any atom is -0.494 e. The number of carbonyl (C=O) groups is 3. The van der Waals surface area contributed by atoms with Crippen LogP contribution in [0, 0.1) is 5.92 Å². The summed E-state index contributed by atoms with van der Waals surface area (Å²) in [6.45, 7) is 3.15. The second-order valence-corrected chi connectivity index (χ2v) is 11.2. The average molecular weight is 542 g/mol. The van der Waals surface area contributed by atoms with Gasteiger partial charge in [0.1, 0.15) is 16.7 Å². The van der Waals surface area contributed by atoms with Crippen LogP contribution in [0.1, 0.15) is 47.7 Å². The van der Waals surface area contributed by atoms with Gasteiger partial charge in [-0.15, -0.1) is 0 Å². The van der Waals surface area contributed by atoms with Gasteiger partial charge >= 0.3 is 0 Å². The van der Waals surface area contributed by atoms with E-state index in [4.69, 9.17) is 16.3 Å². The van der Waals surface area contributed by atoms with Crippen LogP contribution in [0.3, 0.4) is 0 Å². The Kier molecular flexibility index (Phi) is 5.41. The third-order valence-corrected chi connectivity index (χ3v) is 9.27. The third kappa shape index (κ3) is 2.95. The zero-order chi connectivity index (χ0) is 26.9. The van der Waals surface area contributed by atoms with Gasteiger partial charge in [0.15, 0.2) is 5.78 Å². The number of nitrogens with zero attached hydrogens (tertiary/aromatic N) is 1. The first-order valence-electron chi connectivity index (χ1n) is 13.5. The van der Waals surface area contributed by atoms with Gasteiger partial charge in [-0.1, -0.05) is 61.0 Å². The lowest BCUT2D eigenvalue weighted by Gasteiger charge is -2.43. The van der Waals surface area contributed by atoms with Crippen LogP contribution >= 0.6 is 11.6 Å². The molecule has 0 aliphatic carbocycles. The summed E-state index contributed by atoms with van der Waals surface area (Å²) in [5, 5.41) is 6.49. The number of ketones is 1. The molecule has 0 radical (unpaired) electrons. The van der Waals surface area contributed by atoms with Crippen LogP contribution in [-0.2, 0) is 20.5 Å². The van der Waals surface area contributed by atoms with Crippen molar-refractivity contribution in [1.82, 2.24) is 4.90 Å². The Morgan fingerprint density at radius 2 is 1.82 bits per heavy atom. The van der Waals surface area contributed by atoms with E-state index in [2.05, 4.69) is 15.5 Å². The van der Waals surface area contributed by atoms with E-state index in [0.717, 1.165) is 12.8 Å². The number of anilines is 2. The van der Waals surface area contributed by atoms with Crippen molar-refractivity contribution in [3.8, 4) is 5.75 Å². The molecule has 2 N–H and O–H groups in total. The number of para-hydroxylation sites is 2. The molecule has 3 aromatic rings. The van der Waals surface area contributed by atoms with Crippen molar-refractivity contribution >= 4 is 40.6 Å². The van der Waals surface area contributed by atoms with Gasteiger partial charge in [0.2, 0.25) is 5.91 Å². The summed E-state index contributed by atoms with van der Waals surface area (Å²) in [5.41, 5.74) is 0.00363. The van der Waals surface area contributed by atoms with Gasteiger partial charge in [-0.25, -0.2) is 0 Å². The molecule has 0 unspecified atom stereocenters. The monoisotopic (exact) mass is 541 g/mol. The van der Waals surface area contributed by atoms with Crippen LogP contribution in [0.25, 0.3) is 0 Å². The fourth-order valence-corrected chi connectivity index (χ4v) is 7.93. The predicted molar refractivity (Wildman–Crippen MR) is 148 cm³/mol. The number of rotatable bonds is 5. The summed E-state index contributed by atoms with van der Waals surface area (Å²) in [7, 11) is 0. The van der Waals surface area contributed by atoms with Crippen molar-refractivity contribution in [2.24, 2.45) is 5.92 Å². The molecule has 8 heteroatoms. The molecule has 3 aromatic carbocycles. The lowest BCUT2D eigenvalue weighted by atomic mass is 9.57. The Hall–Kier alpha value is -3.68. The molecule has 0 bridgehead atoms. The lowest BCUT2D eigenvalue weighted by molar-refractivity contribution is -0.137. The van der Waals surface area contributed by atoms with Gasteiger partial charge in [0.25, 0.3) is 5.91 Å². The standard InChI is InChI=1S/C31H28ClN3O4/c1-2-16-39-19-9-5-8-18(17-19)27(36)25-24-14-7-15-35(24)31(21-11-6-12-22(32)26(21)34-29(31)38)30(25)20-10-3-4-13-23(20)33-28(30)37/h3-6,8-13,17,24-25H,2,7,14-16H2,1H3,(H,33,37)(H,34,38)/t24-,25-,30+,31+/m0/s1. The normalized spacial score (nSPS) is 28.4. The first-order valence-corrected chi connectivity index (χ1v) is 13.9. The third-order valence-electron chi connectivity index (χ3n) is 8.95. The second kappa shape index (κ2) is 8.66. The number of Topliss-reactive ketones (excluding diaryl/α,β-unsaturated/α-hetero) is 1. The number of hydrogen-bond donors (Lipinski definition) is 2. The molecule has 4 aliphatic heterocycles. The average Bonchev–Trinajstić information content (AvgIpc) is 3.67. The van der Waals surface area contributed by atoms with E-state index < -0.39 is 16.9 Å². The quantitative estimate of drug-likeness (QED) is 0.437. The van der Waals surface area contributed by atoms with Gasteiger partial charge in [0.05, 0.1) is 23.2 Å². The summed E-state index contributed by atoms with van der Waals surface area (Å²) in [6.07, 6.45) is 2.36. The zero-order valence-electron chi connectivity index (χ0n) is 21.5. The molecule has 0 aromatic heterocycles. The zero-order valence-corrected chi connectivity index (χ0v) is 22.3. The molecular formula is C31H28ClN3O4.